The standard InChI is InChI=1S/C17H26N2O3/c1-13-5-6-14(22-13)10-19-8-4-7-17(11-19)9-15(21-12-17)16(20)18(2)3/h5-6,15H,4,7-12H2,1-3H3/t15-,17+/m0/s1. The number of likely N-dealkylation sites (N-methyl/N-ethyl adjacent to an activating group) is 1. The summed E-state index contributed by atoms with van der Waals surface area (Å²) in [5.74, 6) is 2.08. The Labute approximate surface area is 132 Å². The maximum atomic E-state index is 12.1. The molecule has 0 bridgehead atoms. The highest BCUT2D eigenvalue weighted by Gasteiger charge is 2.45. The van der Waals surface area contributed by atoms with Crippen LogP contribution in [0.25, 0.3) is 0 Å². The molecule has 1 aromatic rings. The molecule has 0 unspecified atom stereocenters. The third-order valence-electron chi connectivity index (χ3n) is 4.84. The molecule has 0 N–H and O–H groups in total. The third-order valence-corrected chi connectivity index (χ3v) is 4.84. The smallest absolute Gasteiger partial charge is 0.251 e. The molecule has 5 heteroatoms. The highest BCUT2D eigenvalue weighted by atomic mass is 16.5. The summed E-state index contributed by atoms with van der Waals surface area (Å²) in [7, 11) is 3.59. The van der Waals surface area contributed by atoms with E-state index in [0.717, 1.165) is 50.4 Å². The number of piperidine rings is 1. The molecule has 122 valence electrons. The van der Waals surface area contributed by atoms with Crippen LogP contribution in [0.4, 0.5) is 0 Å². The normalized spacial score (nSPS) is 29.1. The van der Waals surface area contributed by atoms with E-state index >= 15 is 0 Å². The maximum Gasteiger partial charge on any atom is 0.251 e. The van der Waals surface area contributed by atoms with Crippen LogP contribution in [-0.2, 0) is 16.1 Å². The molecule has 3 heterocycles. The van der Waals surface area contributed by atoms with Crippen molar-refractivity contribution in [2.45, 2.75) is 38.8 Å². The van der Waals surface area contributed by atoms with Gasteiger partial charge in [0.25, 0.3) is 5.91 Å². The summed E-state index contributed by atoms with van der Waals surface area (Å²) in [6.45, 7) is 5.61. The first kappa shape index (κ1) is 15.6. The molecule has 1 spiro atoms. The van der Waals surface area contributed by atoms with Gasteiger partial charge in [0.15, 0.2) is 0 Å². The van der Waals surface area contributed by atoms with E-state index in [-0.39, 0.29) is 17.4 Å². The molecule has 22 heavy (non-hydrogen) atoms. The van der Waals surface area contributed by atoms with Crippen LogP contribution < -0.4 is 0 Å². The third kappa shape index (κ3) is 3.20. The number of likely N-dealkylation sites (tertiary alicyclic amines) is 1. The Kier molecular flexibility index (Phi) is 4.28. The van der Waals surface area contributed by atoms with Crippen LogP contribution in [0.3, 0.4) is 0 Å². The number of furan rings is 1. The van der Waals surface area contributed by atoms with Crippen LogP contribution in [0.15, 0.2) is 16.5 Å². The fraction of sp³-hybridized carbons (Fsp3) is 0.706. The maximum absolute atomic E-state index is 12.1. The molecule has 0 aromatic carbocycles. The van der Waals surface area contributed by atoms with Crippen molar-refractivity contribution in [2.75, 3.05) is 33.8 Å². The second kappa shape index (κ2) is 6.05. The van der Waals surface area contributed by atoms with Crippen LogP contribution in [0, 0.1) is 12.3 Å². The number of hydrogen-bond acceptors (Lipinski definition) is 4. The van der Waals surface area contributed by atoms with Crippen LogP contribution in [-0.4, -0.2) is 55.6 Å². The van der Waals surface area contributed by atoms with Gasteiger partial charge in [-0.2, -0.15) is 0 Å². The Morgan fingerprint density at radius 2 is 2.27 bits per heavy atom. The Balaban J connectivity index is 1.62. The van der Waals surface area contributed by atoms with Crippen molar-refractivity contribution in [3.05, 3.63) is 23.7 Å². The summed E-state index contributed by atoms with van der Waals surface area (Å²) in [6.07, 6.45) is 2.89. The molecule has 2 atom stereocenters. The van der Waals surface area contributed by atoms with E-state index in [9.17, 15) is 4.79 Å². The Morgan fingerprint density at radius 1 is 1.45 bits per heavy atom. The van der Waals surface area contributed by atoms with Crippen molar-refractivity contribution < 1.29 is 13.9 Å². The van der Waals surface area contributed by atoms with E-state index in [1.54, 1.807) is 19.0 Å². The van der Waals surface area contributed by atoms with Crippen molar-refractivity contribution in [2.24, 2.45) is 5.41 Å². The number of carbonyl (C=O) groups excluding carboxylic acids is 1. The van der Waals surface area contributed by atoms with E-state index in [1.165, 1.54) is 0 Å². The second-order valence-electron chi connectivity index (χ2n) is 7.06. The minimum Gasteiger partial charge on any atom is -0.465 e. The summed E-state index contributed by atoms with van der Waals surface area (Å²) in [4.78, 5) is 16.2. The van der Waals surface area contributed by atoms with Gasteiger partial charge < -0.3 is 14.1 Å². The summed E-state index contributed by atoms with van der Waals surface area (Å²) in [5.41, 5.74) is 0.135. The number of aryl methyl sites for hydroxylation is 1. The van der Waals surface area contributed by atoms with Crippen LogP contribution in [0.1, 0.15) is 30.8 Å². The zero-order chi connectivity index (χ0) is 15.7. The van der Waals surface area contributed by atoms with Gasteiger partial charge in [0.1, 0.15) is 17.6 Å². The highest BCUT2D eigenvalue weighted by Crippen LogP contribution is 2.41. The summed E-state index contributed by atoms with van der Waals surface area (Å²) < 4.78 is 11.5. The van der Waals surface area contributed by atoms with Gasteiger partial charge in [-0.15, -0.1) is 0 Å². The fourth-order valence-corrected chi connectivity index (χ4v) is 3.76. The molecule has 2 aliphatic rings. The van der Waals surface area contributed by atoms with Crippen LogP contribution in [0.2, 0.25) is 0 Å². The summed E-state index contributed by atoms with van der Waals surface area (Å²) in [6, 6.07) is 4.07. The fourth-order valence-electron chi connectivity index (χ4n) is 3.76. The lowest BCUT2D eigenvalue weighted by Gasteiger charge is -2.39. The van der Waals surface area contributed by atoms with Crippen molar-refractivity contribution in [3.8, 4) is 0 Å². The molecule has 0 saturated carbocycles. The first-order valence-corrected chi connectivity index (χ1v) is 8.08. The lowest BCUT2D eigenvalue weighted by Crippen LogP contribution is -2.43. The van der Waals surface area contributed by atoms with Crippen molar-refractivity contribution in [1.82, 2.24) is 9.80 Å². The highest BCUT2D eigenvalue weighted by molar-refractivity contribution is 5.80. The molecule has 2 fully saturated rings. The number of rotatable bonds is 3. The van der Waals surface area contributed by atoms with Crippen molar-refractivity contribution in [1.29, 1.82) is 0 Å². The van der Waals surface area contributed by atoms with E-state index in [0.29, 0.717) is 6.61 Å². The summed E-state index contributed by atoms with van der Waals surface area (Å²) >= 11 is 0. The van der Waals surface area contributed by atoms with Gasteiger partial charge in [-0.3, -0.25) is 9.69 Å². The van der Waals surface area contributed by atoms with Gasteiger partial charge in [0.2, 0.25) is 0 Å². The largest absolute Gasteiger partial charge is 0.465 e. The minimum absolute atomic E-state index is 0.0932. The number of nitrogens with zero attached hydrogens (tertiary/aromatic N) is 2. The molecule has 2 saturated heterocycles. The molecular formula is C17H26N2O3. The van der Waals surface area contributed by atoms with Gasteiger partial charge in [0, 0.05) is 26.1 Å². The average molecular weight is 306 g/mol. The zero-order valence-electron chi connectivity index (χ0n) is 13.8. The molecule has 5 nitrogen and oxygen atoms in total. The Bertz CT molecular complexity index is 540. The van der Waals surface area contributed by atoms with Gasteiger partial charge in [-0.25, -0.2) is 0 Å². The number of carbonyl (C=O) groups is 1. The van der Waals surface area contributed by atoms with E-state index in [4.69, 9.17) is 9.15 Å². The SMILES string of the molecule is Cc1ccc(CN2CCC[C@]3(CO[C@H](C(=O)N(C)C)C3)C2)o1. The van der Waals surface area contributed by atoms with Crippen molar-refractivity contribution >= 4 is 5.91 Å². The molecular weight excluding hydrogens is 280 g/mol. The topological polar surface area (TPSA) is 45.9 Å². The number of ether oxygens (including phenoxy) is 1. The molecule has 1 aromatic heterocycles. The Morgan fingerprint density at radius 3 is 2.95 bits per heavy atom. The van der Waals surface area contributed by atoms with Gasteiger partial charge in [0.05, 0.1) is 13.2 Å². The predicted molar refractivity (Wildman–Crippen MR) is 83.4 cm³/mol. The summed E-state index contributed by atoms with van der Waals surface area (Å²) in [5, 5.41) is 0. The van der Waals surface area contributed by atoms with Gasteiger partial charge >= 0.3 is 0 Å². The second-order valence-corrected chi connectivity index (χ2v) is 7.06. The molecule has 2 aliphatic heterocycles. The molecule has 1 amide bonds. The zero-order valence-corrected chi connectivity index (χ0v) is 13.8. The van der Waals surface area contributed by atoms with Gasteiger partial charge in [-0.05, 0) is 44.9 Å². The average Bonchev–Trinajstić information content (AvgIpc) is 3.05. The molecule has 3 rings (SSSR count). The molecule has 0 radical (unpaired) electrons. The monoisotopic (exact) mass is 306 g/mol. The lowest BCUT2D eigenvalue weighted by atomic mass is 9.78. The molecule has 0 aliphatic carbocycles. The van der Waals surface area contributed by atoms with Crippen LogP contribution >= 0.6 is 0 Å². The number of hydrogen-bond donors (Lipinski definition) is 0. The van der Waals surface area contributed by atoms with Gasteiger partial charge in [-0.1, -0.05) is 0 Å². The first-order valence-electron chi connectivity index (χ1n) is 8.08. The minimum atomic E-state index is -0.263. The predicted octanol–water partition coefficient (Wildman–Crippen LogP) is 2.05. The van der Waals surface area contributed by atoms with Crippen LogP contribution in [0.5, 0.6) is 0 Å². The van der Waals surface area contributed by atoms with E-state index in [2.05, 4.69) is 11.0 Å². The lowest BCUT2D eigenvalue weighted by molar-refractivity contribution is -0.138. The quantitative estimate of drug-likeness (QED) is 0.857. The van der Waals surface area contributed by atoms with E-state index < -0.39 is 0 Å². The van der Waals surface area contributed by atoms with Crippen molar-refractivity contribution in [3.63, 3.8) is 0 Å². The van der Waals surface area contributed by atoms with E-state index in [1.807, 2.05) is 13.0 Å². The first-order chi connectivity index (χ1) is 10.5. The number of amides is 1. The Hall–Kier alpha value is -1.33.